The Kier molecular flexibility index (Phi) is 3.40. The topological polar surface area (TPSA) is 50.9 Å². The minimum absolute atomic E-state index is 0.247. The maximum atomic E-state index is 13.6. The van der Waals surface area contributed by atoms with Gasteiger partial charge in [0.05, 0.1) is 12.3 Å². The second-order valence-electron chi connectivity index (χ2n) is 3.61. The van der Waals surface area contributed by atoms with E-state index >= 15 is 0 Å². The van der Waals surface area contributed by atoms with Gasteiger partial charge in [0, 0.05) is 5.02 Å². The van der Waals surface area contributed by atoms with Crippen molar-refractivity contribution in [2.75, 3.05) is 0 Å². The van der Waals surface area contributed by atoms with E-state index in [0.717, 1.165) is 0 Å². The third-order valence-corrected chi connectivity index (χ3v) is 2.63. The van der Waals surface area contributed by atoms with Crippen molar-refractivity contribution in [3.05, 3.63) is 40.9 Å². The number of benzene rings is 1. The molecule has 6 heteroatoms. The standard InChI is InChI=1S/C11H11ClFN3O/c1-2-11(17)9-6-16(15-14-9)10-4-3-7(12)5-8(10)13/h3-6,11,17H,2H2,1H3. The van der Waals surface area contributed by atoms with Crippen molar-refractivity contribution in [3.8, 4) is 5.69 Å². The van der Waals surface area contributed by atoms with Crippen molar-refractivity contribution in [3.63, 3.8) is 0 Å². The van der Waals surface area contributed by atoms with Crippen LogP contribution in [0.15, 0.2) is 24.4 Å². The molecule has 2 rings (SSSR count). The van der Waals surface area contributed by atoms with Gasteiger partial charge >= 0.3 is 0 Å². The fourth-order valence-corrected chi connectivity index (χ4v) is 1.58. The molecule has 90 valence electrons. The molecule has 0 aliphatic carbocycles. The predicted molar refractivity (Wildman–Crippen MR) is 61.6 cm³/mol. The van der Waals surface area contributed by atoms with Crippen LogP contribution in [0.4, 0.5) is 4.39 Å². The van der Waals surface area contributed by atoms with Gasteiger partial charge in [0.25, 0.3) is 0 Å². The molecular weight excluding hydrogens is 245 g/mol. The maximum Gasteiger partial charge on any atom is 0.150 e. The van der Waals surface area contributed by atoms with Gasteiger partial charge in [-0.25, -0.2) is 9.07 Å². The molecule has 1 N–H and O–H groups in total. The lowest BCUT2D eigenvalue weighted by molar-refractivity contribution is 0.169. The van der Waals surface area contributed by atoms with Crippen LogP contribution in [0.2, 0.25) is 5.02 Å². The van der Waals surface area contributed by atoms with Gasteiger partial charge in [-0.1, -0.05) is 23.7 Å². The smallest absolute Gasteiger partial charge is 0.150 e. The van der Waals surface area contributed by atoms with Crippen LogP contribution in [0, 0.1) is 5.82 Å². The lowest BCUT2D eigenvalue weighted by Crippen LogP contribution is -1.98. The van der Waals surface area contributed by atoms with E-state index in [9.17, 15) is 9.50 Å². The number of aliphatic hydroxyl groups excluding tert-OH is 1. The molecule has 1 aromatic heterocycles. The molecule has 4 nitrogen and oxygen atoms in total. The lowest BCUT2D eigenvalue weighted by atomic mass is 10.2. The zero-order valence-corrected chi connectivity index (χ0v) is 9.89. The van der Waals surface area contributed by atoms with Gasteiger partial charge in [-0.3, -0.25) is 0 Å². The first-order chi connectivity index (χ1) is 8.11. The first-order valence-corrected chi connectivity index (χ1v) is 5.55. The third-order valence-electron chi connectivity index (χ3n) is 2.40. The van der Waals surface area contributed by atoms with Gasteiger partial charge in [-0.05, 0) is 24.6 Å². The van der Waals surface area contributed by atoms with E-state index in [-0.39, 0.29) is 5.69 Å². The Labute approximate surface area is 103 Å². The highest BCUT2D eigenvalue weighted by Crippen LogP contribution is 2.19. The minimum atomic E-state index is -0.681. The summed E-state index contributed by atoms with van der Waals surface area (Å²) in [6, 6.07) is 4.28. The molecule has 0 aliphatic rings. The molecule has 17 heavy (non-hydrogen) atoms. The van der Waals surface area contributed by atoms with Crippen molar-refractivity contribution in [1.29, 1.82) is 0 Å². The Morgan fingerprint density at radius 3 is 2.94 bits per heavy atom. The van der Waals surface area contributed by atoms with E-state index in [4.69, 9.17) is 11.6 Å². The Morgan fingerprint density at radius 2 is 2.29 bits per heavy atom. The average molecular weight is 256 g/mol. The number of aromatic nitrogens is 3. The van der Waals surface area contributed by atoms with Crippen LogP contribution in [0.1, 0.15) is 25.1 Å². The van der Waals surface area contributed by atoms with Crippen molar-refractivity contribution >= 4 is 11.6 Å². The molecule has 0 saturated heterocycles. The van der Waals surface area contributed by atoms with Gasteiger partial charge in [-0.15, -0.1) is 5.10 Å². The second-order valence-corrected chi connectivity index (χ2v) is 4.04. The van der Waals surface area contributed by atoms with Gasteiger partial charge < -0.3 is 5.11 Å². The van der Waals surface area contributed by atoms with Crippen LogP contribution >= 0.6 is 11.6 Å². The predicted octanol–water partition coefficient (Wildman–Crippen LogP) is 2.50. The van der Waals surface area contributed by atoms with Crippen LogP contribution in [0.3, 0.4) is 0 Å². The van der Waals surface area contributed by atoms with Crippen LogP contribution in [0.5, 0.6) is 0 Å². The number of aliphatic hydroxyl groups is 1. The largest absolute Gasteiger partial charge is 0.387 e. The van der Waals surface area contributed by atoms with E-state index in [1.165, 1.54) is 23.0 Å². The Bertz CT molecular complexity index is 529. The Morgan fingerprint density at radius 1 is 1.53 bits per heavy atom. The highest BCUT2D eigenvalue weighted by molar-refractivity contribution is 6.30. The molecule has 0 saturated carbocycles. The molecule has 0 aliphatic heterocycles. The van der Waals surface area contributed by atoms with Crippen molar-refractivity contribution in [2.24, 2.45) is 0 Å². The highest BCUT2D eigenvalue weighted by atomic mass is 35.5. The molecule has 0 amide bonds. The van der Waals surface area contributed by atoms with Crippen LogP contribution in [0.25, 0.3) is 5.69 Å². The monoisotopic (exact) mass is 255 g/mol. The summed E-state index contributed by atoms with van der Waals surface area (Å²) in [5.41, 5.74) is 0.665. The molecule has 1 heterocycles. The van der Waals surface area contributed by atoms with E-state index in [1.807, 2.05) is 6.92 Å². The van der Waals surface area contributed by atoms with Crippen LogP contribution in [-0.2, 0) is 0 Å². The van der Waals surface area contributed by atoms with Gasteiger partial charge in [0.15, 0.2) is 0 Å². The molecule has 2 aromatic rings. The molecular formula is C11H11ClFN3O. The molecule has 1 aromatic carbocycles. The zero-order valence-electron chi connectivity index (χ0n) is 9.14. The van der Waals surface area contributed by atoms with Crippen LogP contribution < -0.4 is 0 Å². The summed E-state index contributed by atoms with van der Waals surface area (Å²) < 4.78 is 14.9. The number of hydrogen-bond acceptors (Lipinski definition) is 3. The summed E-state index contributed by atoms with van der Waals surface area (Å²) in [4.78, 5) is 0. The molecule has 0 radical (unpaired) electrons. The summed E-state index contributed by atoms with van der Waals surface area (Å²) in [6.45, 7) is 1.83. The summed E-state index contributed by atoms with van der Waals surface area (Å²) in [5, 5.41) is 17.5. The van der Waals surface area contributed by atoms with E-state index < -0.39 is 11.9 Å². The fourth-order valence-electron chi connectivity index (χ4n) is 1.42. The normalized spacial score (nSPS) is 12.7. The maximum absolute atomic E-state index is 13.6. The number of rotatable bonds is 3. The van der Waals surface area contributed by atoms with E-state index in [0.29, 0.717) is 17.1 Å². The second kappa shape index (κ2) is 4.81. The molecule has 1 unspecified atom stereocenters. The van der Waals surface area contributed by atoms with Crippen LogP contribution in [-0.4, -0.2) is 20.1 Å². The molecule has 0 spiro atoms. The average Bonchev–Trinajstić information content (AvgIpc) is 2.77. The van der Waals surface area contributed by atoms with Crippen molar-refractivity contribution < 1.29 is 9.50 Å². The SMILES string of the molecule is CCC(O)c1cn(-c2ccc(Cl)cc2F)nn1. The summed E-state index contributed by atoms with van der Waals surface area (Å²) in [5.74, 6) is -0.486. The van der Waals surface area contributed by atoms with E-state index in [1.54, 1.807) is 6.07 Å². The van der Waals surface area contributed by atoms with E-state index in [2.05, 4.69) is 10.3 Å². The first kappa shape index (κ1) is 12.0. The van der Waals surface area contributed by atoms with Gasteiger partial charge in [0.2, 0.25) is 0 Å². The van der Waals surface area contributed by atoms with Crippen molar-refractivity contribution in [2.45, 2.75) is 19.4 Å². The summed E-state index contributed by atoms with van der Waals surface area (Å²) in [7, 11) is 0. The first-order valence-electron chi connectivity index (χ1n) is 5.17. The summed E-state index contributed by atoms with van der Waals surface area (Å²) in [6.07, 6.45) is 1.35. The lowest BCUT2D eigenvalue weighted by Gasteiger charge is -2.02. The quantitative estimate of drug-likeness (QED) is 0.917. The molecule has 0 bridgehead atoms. The number of halogens is 2. The number of hydrogen-bond donors (Lipinski definition) is 1. The molecule has 0 fully saturated rings. The molecule has 1 atom stereocenters. The fraction of sp³-hybridized carbons (Fsp3) is 0.273. The summed E-state index contributed by atoms with van der Waals surface area (Å²) >= 11 is 5.66. The van der Waals surface area contributed by atoms with Crippen molar-refractivity contribution in [1.82, 2.24) is 15.0 Å². The zero-order chi connectivity index (χ0) is 12.4. The Hall–Kier alpha value is -1.46. The highest BCUT2D eigenvalue weighted by Gasteiger charge is 2.12. The Balaban J connectivity index is 2.37. The minimum Gasteiger partial charge on any atom is -0.387 e. The van der Waals surface area contributed by atoms with Gasteiger partial charge in [-0.2, -0.15) is 0 Å². The van der Waals surface area contributed by atoms with Gasteiger partial charge in [0.1, 0.15) is 17.2 Å². The third kappa shape index (κ3) is 2.45. The number of nitrogens with zero attached hydrogens (tertiary/aromatic N) is 3.